The van der Waals surface area contributed by atoms with E-state index in [4.69, 9.17) is 10.5 Å². The fourth-order valence-corrected chi connectivity index (χ4v) is 1.33. The smallest absolute Gasteiger partial charge is 0.122 e. The number of ether oxygens (including phenoxy) is 1. The van der Waals surface area contributed by atoms with E-state index in [1.54, 1.807) is 0 Å². The minimum Gasteiger partial charge on any atom is -0.493 e. The lowest BCUT2D eigenvalue weighted by Crippen LogP contribution is -2.04. The van der Waals surface area contributed by atoms with Gasteiger partial charge >= 0.3 is 0 Å². The molecule has 0 aliphatic carbocycles. The van der Waals surface area contributed by atoms with Gasteiger partial charge in [0.05, 0.1) is 6.61 Å². The van der Waals surface area contributed by atoms with E-state index in [0.717, 1.165) is 24.3 Å². The molecule has 1 aromatic rings. The molecule has 0 saturated carbocycles. The third-order valence-corrected chi connectivity index (χ3v) is 2.44. The highest BCUT2D eigenvalue weighted by Gasteiger charge is 2.01. The number of rotatable bonds is 5. The van der Waals surface area contributed by atoms with E-state index in [0.29, 0.717) is 12.5 Å². The topological polar surface area (TPSA) is 35.2 Å². The van der Waals surface area contributed by atoms with Gasteiger partial charge in [0.1, 0.15) is 5.75 Å². The van der Waals surface area contributed by atoms with Gasteiger partial charge in [0, 0.05) is 6.54 Å². The Balaban J connectivity index is 2.59. The Bertz CT molecular complexity index is 307. The molecule has 0 spiro atoms. The molecule has 0 aliphatic heterocycles. The van der Waals surface area contributed by atoms with Crippen LogP contribution in [0.3, 0.4) is 0 Å². The fraction of sp³-hybridized carbons (Fsp3) is 0.538. The summed E-state index contributed by atoms with van der Waals surface area (Å²) in [5.74, 6) is 1.65. The normalized spacial score (nSPS) is 10.7. The fourth-order valence-electron chi connectivity index (χ4n) is 1.33. The predicted octanol–water partition coefficient (Wildman–Crippen LogP) is 2.88. The number of benzene rings is 1. The molecule has 2 heteroatoms. The molecule has 0 amide bonds. The number of hydrogen-bond acceptors (Lipinski definition) is 2. The van der Waals surface area contributed by atoms with Crippen molar-refractivity contribution in [1.82, 2.24) is 0 Å². The SMILES string of the molecule is Cc1ccc(CN)cc1OCCC(C)C. The van der Waals surface area contributed by atoms with E-state index in [1.807, 2.05) is 12.1 Å². The lowest BCUT2D eigenvalue weighted by molar-refractivity contribution is 0.287. The summed E-state index contributed by atoms with van der Waals surface area (Å²) < 4.78 is 5.73. The van der Waals surface area contributed by atoms with Crippen molar-refractivity contribution in [3.63, 3.8) is 0 Å². The highest BCUT2D eigenvalue weighted by Crippen LogP contribution is 2.19. The van der Waals surface area contributed by atoms with Crippen LogP contribution in [-0.2, 0) is 6.54 Å². The molecule has 0 unspecified atom stereocenters. The van der Waals surface area contributed by atoms with Crippen molar-refractivity contribution in [2.45, 2.75) is 33.7 Å². The molecule has 0 heterocycles. The minimum atomic E-state index is 0.570. The third-order valence-electron chi connectivity index (χ3n) is 2.44. The summed E-state index contributed by atoms with van der Waals surface area (Å²) >= 11 is 0. The molecule has 84 valence electrons. The Kier molecular flexibility index (Phi) is 4.63. The lowest BCUT2D eigenvalue weighted by Gasteiger charge is -2.11. The molecule has 0 saturated heterocycles. The highest BCUT2D eigenvalue weighted by molar-refractivity contribution is 5.36. The molecule has 2 nitrogen and oxygen atoms in total. The van der Waals surface area contributed by atoms with Gasteiger partial charge in [-0.3, -0.25) is 0 Å². The van der Waals surface area contributed by atoms with Crippen LogP contribution in [0.1, 0.15) is 31.4 Å². The zero-order valence-electron chi connectivity index (χ0n) is 9.92. The number of aryl methyl sites for hydroxylation is 1. The monoisotopic (exact) mass is 207 g/mol. The molecule has 1 aromatic carbocycles. The minimum absolute atomic E-state index is 0.570. The van der Waals surface area contributed by atoms with Gasteiger partial charge < -0.3 is 10.5 Å². The first-order valence-corrected chi connectivity index (χ1v) is 5.56. The Hall–Kier alpha value is -1.02. The average Bonchev–Trinajstić information content (AvgIpc) is 2.20. The first-order valence-electron chi connectivity index (χ1n) is 5.56. The van der Waals surface area contributed by atoms with Crippen LogP contribution < -0.4 is 10.5 Å². The molecular weight excluding hydrogens is 186 g/mol. The molecule has 0 radical (unpaired) electrons. The summed E-state index contributed by atoms with van der Waals surface area (Å²) in [7, 11) is 0. The zero-order valence-corrected chi connectivity index (χ0v) is 9.92. The Morgan fingerprint density at radius 1 is 1.33 bits per heavy atom. The van der Waals surface area contributed by atoms with Crippen molar-refractivity contribution in [2.24, 2.45) is 11.7 Å². The first kappa shape index (κ1) is 12.1. The Morgan fingerprint density at radius 2 is 2.07 bits per heavy atom. The maximum Gasteiger partial charge on any atom is 0.122 e. The second-order valence-electron chi connectivity index (χ2n) is 4.33. The van der Waals surface area contributed by atoms with Gasteiger partial charge in [-0.2, -0.15) is 0 Å². The number of hydrogen-bond donors (Lipinski definition) is 1. The second kappa shape index (κ2) is 5.76. The van der Waals surface area contributed by atoms with E-state index in [2.05, 4.69) is 26.8 Å². The van der Waals surface area contributed by atoms with Crippen LogP contribution in [0, 0.1) is 12.8 Å². The molecule has 2 N–H and O–H groups in total. The molecule has 0 aromatic heterocycles. The van der Waals surface area contributed by atoms with Crippen LogP contribution >= 0.6 is 0 Å². The highest BCUT2D eigenvalue weighted by atomic mass is 16.5. The van der Waals surface area contributed by atoms with Crippen LogP contribution in [0.15, 0.2) is 18.2 Å². The summed E-state index contributed by atoms with van der Waals surface area (Å²) in [5, 5.41) is 0. The molecule has 0 atom stereocenters. The van der Waals surface area contributed by atoms with Crippen molar-refractivity contribution in [3.8, 4) is 5.75 Å². The van der Waals surface area contributed by atoms with Gasteiger partial charge in [-0.15, -0.1) is 0 Å². The Labute approximate surface area is 92.4 Å². The molecule has 0 fully saturated rings. The van der Waals surface area contributed by atoms with E-state index in [9.17, 15) is 0 Å². The van der Waals surface area contributed by atoms with Crippen molar-refractivity contribution in [3.05, 3.63) is 29.3 Å². The summed E-state index contributed by atoms with van der Waals surface area (Å²) in [6, 6.07) is 6.15. The van der Waals surface area contributed by atoms with E-state index in [1.165, 1.54) is 5.56 Å². The largest absolute Gasteiger partial charge is 0.493 e. The zero-order chi connectivity index (χ0) is 11.3. The van der Waals surface area contributed by atoms with Crippen molar-refractivity contribution >= 4 is 0 Å². The quantitative estimate of drug-likeness (QED) is 0.805. The van der Waals surface area contributed by atoms with Crippen LogP contribution in [0.4, 0.5) is 0 Å². The van der Waals surface area contributed by atoms with Crippen molar-refractivity contribution < 1.29 is 4.74 Å². The van der Waals surface area contributed by atoms with Crippen molar-refractivity contribution in [2.75, 3.05) is 6.61 Å². The average molecular weight is 207 g/mol. The van der Waals surface area contributed by atoms with Gasteiger partial charge in [-0.25, -0.2) is 0 Å². The van der Waals surface area contributed by atoms with Gasteiger partial charge in [-0.05, 0) is 36.5 Å². The van der Waals surface area contributed by atoms with Crippen LogP contribution in [0.25, 0.3) is 0 Å². The molecule has 15 heavy (non-hydrogen) atoms. The summed E-state index contributed by atoms with van der Waals surface area (Å²) in [4.78, 5) is 0. The van der Waals surface area contributed by atoms with E-state index >= 15 is 0 Å². The molecule has 0 bridgehead atoms. The van der Waals surface area contributed by atoms with Crippen LogP contribution in [0.5, 0.6) is 5.75 Å². The molecule has 0 aliphatic rings. The summed E-state index contributed by atoms with van der Waals surface area (Å²) in [5.41, 5.74) is 7.89. The Morgan fingerprint density at radius 3 is 2.67 bits per heavy atom. The predicted molar refractivity (Wildman–Crippen MR) is 64.0 cm³/mol. The van der Waals surface area contributed by atoms with Crippen LogP contribution in [-0.4, -0.2) is 6.61 Å². The van der Waals surface area contributed by atoms with E-state index in [-0.39, 0.29) is 0 Å². The maximum atomic E-state index is 5.73. The molecule has 1 rings (SSSR count). The standard InChI is InChI=1S/C13H21NO/c1-10(2)6-7-15-13-8-12(9-14)5-4-11(13)3/h4-5,8,10H,6-7,9,14H2,1-3H3. The van der Waals surface area contributed by atoms with Gasteiger partial charge in [0.25, 0.3) is 0 Å². The van der Waals surface area contributed by atoms with Gasteiger partial charge in [0.15, 0.2) is 0 Å². The summed E-state index contributed by atoms with van der Waals surface area (Å²) in [6.45, 7) is 7.82. The summed E-state index contributed by atoms with van der Waals surface area (Å²) in [6.07, 6.45) is 1.09. The first-order chi connectivity index (χ1) is 7.13. The van der Waals surface area contributed by atoms with Crippen molar-refractivity contribution in [1.29, 1.82) is 0 Å². The number of nitrogens with two attached hydrogens (primary N) is 1. The van der Waals surface area contributed by atoms with Gasteiger partial charge in [0.2, 0.25) is 0 Å². The lowest BCUT2D eigenvalue weighted by atomic mass is 10.1. The second-order valence-corrected chi connectivity index (χ2v) is 4.33. The third kappa shape index (κ3) is 3.92. The molecular formula is C13H21NO. The van der Waals surface area contributed by atoms with Crippen LogP contribution in [0.2, 0.25) is 0 Å². The van der Waals surface area contributed by atoms with Gasteiger partial charge in [-0.1, -0.05) is 26.0 Å². The van der Waals surface area contributed by atoms with E-state index < -0.39 is 0 Å². The maximum absolute atomic E-state index is 5.73.